The number of hydrogen-bond acceptors (Lipinski definition) is 3. The van der Waals surface area contributed by atoms with Crippen LogP contribution in [0.1, 0.15) is 49.3 Å². The van der Waals surface area contributed by atoms with Gasteiger partial charge in [-0.25, -0.2) is 0 Å². The van der Waals surface area contributed by atoms with Crippen molar-refractivity contribution in [2.75, 3.05) is 20.1 Å². The number of aliphatic imine (C=N–C) groups is 1. The molecule has 1 heterocycles. The van der Waals surface area contributed by atoms with E-state index in [1.807, 2.05) is 6.07 Å². The van der Waals surface area contributed by atoms with Crippen LogP contribution in [0.3, 0.4) is 0 Å². The van der Waals surface area contributed by atoms with E-state index in [1.165, 1.54) is 16.7 Å². The molecule has 0 spiro atoms. The maximum absolute atomic E-state index is 11.6. The highest BCUT2D eigenvalue weighted by molar-refractivity contribution is 5.80. The normalized spacial score (nSPS) is 19.2. The molecule has 3 atom stereocenters. The fourth-order valence-corrected chi connectivity index (χ4v) is 4.29. The Hall–Kier alpha value is -2.86. The molecule has 32 heavy (non-hydrogen) atoms. The largest absolute Gasteiger partial charge is 0.369 e. The zero-order chi connectivity index (χ0) is 22.9. The summed E-state index contributed by atoms with van der Waals surface area (Å²) in [6, 6.07) is 19.4. The Bertz CT molecular complexity index is 898. The van der Waals surface area contributed by atoms with Crippen molar-refractivity contribution in [1.82, 2.24) is 15.5 Å². The molecule has 0 radical (unpaired) electrons. The average molecular weight is 436 g/mol. The van der Waals surface area contributed by atoms with Crippen LogP contribution in [0, 0.1) is 5.92 Å². The molecular weight excluding hydrogens is 398 g/mol. The molecule has 0 aromatic heterocycles. The Morgan fingerprint density at radius 3 is 2.62 bits per heavy atom. The maximum atomic E-state index is 11.6. The van der Waals surface area contributed by atoms with Crippen LogP contribution in [0.2, 0.25) is 0 Å². The van der Waals surface area contributed by atoms with E-state index in [0.29, 0.717) is 12.5 Å². The van der Waals surface area contributed by atoms with Crippen LogP contribution in [-0.2, 0) is 17.9 Å². The quantitative estimate of drug-likeness (QED) is 0.439. The third kappa shape index (κ3) is 6.82. The lowest BCUT2D eigenvalue weighted by atomic mass is 9.94. The molecule has 6 heteroatoms. The number of nitrogens with zero attached hydrogens (tertiary/aromatic N) is 2. The van der Waals surface area contributed by atoms with Crippen LogP contribution >= 0.6 is 0 Å². The number of likely N-dealkylation sites (tertiary alicyclic amines) is 1. The second-order valence-electron chi connectivity index (χ2n) is 8.85. The first kappa shape index (κ1) is 23.8. The first-order valence-electron chi connectivity index (χ1n) is 11.6. The monoisotopic (exact) mass is 435 g/mol. The van der Waals surface area contributed by atoms with Crippen molar-refractivity contribution in [3.05, 3.63) is 71.3 Å². The highest BCUT2D eigenvalue weighted by atomic mass is 16.1. The second kappa shape index (κ2) is 11.7. The van der Waals surface area contributed by atoms with E-state index in [-0.39, 0.29) is 17.9 Å². The summed E-state index contributed by atoms with van der Waals surface area (Å²) in [5.41, 5.74) is 9.29. The Kier molecular flexibility index (Phi) is 8.68. The van der Waals surface area contributed by atoms with Crippen molar-refractivity contribution in [1.29, 1.82) is 0 Å². The third-order valence-corrected chi connectivity index (χ3v) is 6.43. The van der Waals surface area contributed by atoms with E-state index < -0.39 is 0 Å². The van der Waals surface area contributed by atoms with E-state index in [9.17, 15) is 4.79 Å². The molecule has 0 bridgehead atoms. The number of nitrogens with two attached hydrogens (primary N) is 1. The number of guanidine groups is 1. The summed E-state index contributed by atoms with van der Waals surface area (Å²) in [6.07, 6.45) is 1.93. The van der Waals surface area contributed by atoms with E-state index in [0.717, 1.165) is 38.4 Å². The summed E-state index contributed by atoms with van der Waals surface area (Å²) in [5, 5.41) is 6.96. The minimum absolute atomic E-state index is 0.0248. The first-order valence-corrected chi connectivity index (χ1v) is 11.6. The van der Waals surface area contributed by atoms with Crippen molar-refractivity contribution in [2.45, 2.75) is 51.7 Å². The van der Waals surface area contributed by atoms with Crippen LogP contribution in [-0.4, -0.2) is 42.9 Å². The van der Waals surface area contributed by atoms with Gasteiger partial charge in [0.05, 0.1) is 5.92 Å². The van der Waals surface area contributed by atoms with Gasteiger partial charge in [-0.05, 0) is 43.0 Å². The molecule has 1 aliphatic heterocycles. The molecule has 3 unspecified atom stereocenters. The maximum Gasteiger partial charge on any atom is 0.221 e. The van der Waals surface area contributed by atoms with Gasteiger partial charge in [-0.15, -0.1) is 0 Å². The fraction of sp³-hybridized carbons (Fsp3) is 0.462. The molecular formula is C26H37N5O. The molecule has 6 nitrogen and oxygen atoms in total. The van der Waals surface area contributed by atoms with Crippen LogP contribution in [0.25, 0.3) is 0 Å². The predicted molar refractivity (Wildman–Crippen MR) is 131 cm³/mol. The molecule has 0 aliphatic carbocycles. The number of piperidine rings is 1. The molecule has 0 saturated carbocycles. The zero-order valence-corrected chi connectivity index (χ0v) is 19.6. The van der Waals surface area contributed by atoms with Crippen molar-refractivity contribution in [2.24, 2.45) is 16.6 Å². The smallest absolute Gasteiger partial charge is 0.221 e. The number of hydrogen-bond donors (Lipinski definition) is 3. The summed E-state index contributed by atoms with van der Waals surface area (Å²) in [4.78, 5) is 18.3. The highest BCUT2D eigenvalue weighted by Crippen LogP contribution is 2.20. The first-order chi connectivity index (χ1) is 15.5. The molecule has 1 fully saturated rings. The SMILES string of the molecule is CN=C(NCc1cccc(CN2CCCC(C(N)=O)C2)c1)NC(C)C(C)c1ccccc1. The van der Waals surface area contributed by atoms with Crippen molar-refractivity contribution in [3.8, 4) is 0 Å². The van der Waals surface area contributed by atoms with E-state index >= 15 is 0 Å². The van der Waals surface area contributed by atoms with Crippen LogP contribution < -0.4 is 16.4 Å². The lowest BCUT2D eigenvalue weighted by molar-refractivity contribution is -0.123. The highest BCUT2D eigenvalue weighted by Gasteiger charge is 2.23. The van der Waals surface area contributed by atoms with Gasteiger partial charge in [0, 0.05) is 38.6 Å². The van der Waals surface area contributed by atoms with Gasteiger partial charge in [-0.2, -0.15) is 0 Å². The molecule has 1 saturated heterocycles. The van der Waals surface area contributed by atoms with E-state index in [1.54, 1.807) is 7.05 Å². The summed E-state index contributed by atoms with van der Waals surface area (Å²) >= 11 is 0. The van der Waals surface area contributed by atoms with Crippen molar-refractivity contribution < 1.29 is 4.79 Å². The minimum atomic E-state index is -0.178. The van der Waals surface area contributed by atoms with Crippen LogP contribution in [0.15, 0.2) is 59.6 Å². The standard InChI is InChI=1S/C26H37N5O/c1-19(23-11-5-4-6-12-23)20(2)30-26(28-3)29-16-21-9-7-10-22(15-21)17-31-14-8-13-24(18-31)25(27)32/h4-7,9-12,15,19-20,24H,8,13-14,16-18H2,1-3H3,(H2,27,32)(H2,28,29,30). The topological polar surface area (TPSA) is 82.8 Å². The van der Waals surface area contributed by atoms with Crippen molar-refractivity contribution >= 4 is 11.9 Å². The number of rotatable bonds is 8. The third-order valence-electron chi connectivity index (χ3n) is 6.43. The number of amides is 1. The summed E-state index contributed by atoms with van der Waals surface area (Å²) < 4.78 is 0. The van der Waals surface area contributed by atoms with Gasteiger partial charge in [-0.1, -0.05) is 61.5 Å². The van der Waals surface area contributed by atoms with Gasteiger partial charge in [0.1, 0.15) is 0 Å². The van der Waals surface area contributed by atoms with Gasteiger partial charge < -0.3 is 16.4 Å². The number of carbonyl (C=O) groups excluding carboxylic acids is 1. The number of nitrogens with one attached hydrogen (secondary N) is 2. The molecule has 1 amide bonds. The molecule has 172 valence electrons. The summed E-state index contributed by atoms with van der Waals surface area (Å²) in [6.45, 7) is 7.72. The Labute approximate surface area is 192 Å². The average Bonchev–Trinajstić information content (AvgIpc) is 2.82. The van der Waals surface area contributed by atoms with Crippen LogP contribution in [0.4, 0.5) is 0 Å². The Morgan fingerprint density at radius 2 is 1.91 bits per heavy atom. The van der Waals surface area contributed by atoms with E-state index in [2.05, 4.69) is 82.9 Å². The van der Waals surface area contributed by atoms with Gasteiger partial charge in [0.25, 0.3) is 0 Å². The minimum Gasteiger partial charge on any atom is -0.369 e. The van der Waals surface area contributed by atoms with Gasteiger partial charge in [-0.3, -0.25) is 14.7 Å². The molecule has 3 rings (SSSR count). The Morgan fingerprint density at radius 1 is 1.16 bits per heavy atom. The molecule has 4 N–H and O–H groups in total. The predicted octanol–water partition coefficient (Wildman–Crippen LogP) is 3.24. The lowest BCUT2D eigenvalue weighted by Gasteiger charge is -2.31. The lowest BCUT2D eigenvalue weighted by Crippen LogP contribution is -2.43. The number of primary amides is 1. The van der Waals surface area contributed by atoms with Crippen molar-refractivity contribution in [3.63, 3.8) is 0 Å². The Balaban J connectivity index is 1.52. The fourth-order valence-electron chi connectivity index (χ4n) is 4.29. The second-order valence-corrected chi connectivity index (χ2v) is 8.85. The summed E-state index contributed by atoms with van der Waals surface area (Å²) in [7, 11) is 1.80. The molecule has 2 aromatic carbocycles. The molecule has 1 aliphatic rings. The molecule has 2 aromatic rings. The van der Waals surface area contributed by atoms with E-state index in [4.69, 9.17) is 5.73 Å². The summed E-state index contributed by atoms with van der Waals surface area (Å²) in [5.74, 6) is 0.962. The van der Waals surface area contributed by atoms with Gasteiger partial charge in [0.2, 0.25) is 5.91 Å². The number of benzene rings is 2. The van der Waals surface area contributed by atoms with Crippen LogP contribution in [0.5, 0.6) is 0 Å². The number of carbonyl (C=O) groups is 1. The van der Waals surface area contributed by atoms with Gasteiger partial charge >= 0.3 is 0 Å². The van der Waals surface area contributed by atoms with Gasteiger partial charge in [0.15, 0.2) is 5.96 Å². The zero-order valence-electron chi connectivity index (χ0n) is 19.6.